The Kier molecular flexibility index (Phi) is 6.40. The largest absolute Gasteiger partial charge is 0.464 e. The first-order chi connectivity index (χ1) is 8.22. The third-order valence-electron chi connectivity index (χ3n) is 2.09. The number of hydrogen-bond donors (Lipinski definition) is 0. The predicted octanol–water partition coefficient (Wildman–Crippen LogP) is 2.69. The van der Waals surface area contributed by atoms with Gasteiger partial charge in [-0.15, -0.1) is 11.8 Å². The number of rotatable bonds is 7. The van der Waals surface area contributed by atoms with Crippen LogP contribution in [0.3, 0.4) is 0 Å². The third-order valence-corrected chi connectivity index (χ3v) is 3.07. The summed E-state index contributed by atoms with van der Waals surface area (Å²) in [4.78, 5) is 23.3. The summed E-state index contributed by atoms with van der Waals surface area (Å²) in [7, 11) is 0. The minimum Gasteiger partial charge on any atom is -0.464 e. The van der Waals surface area contributed by atoms with Gasteiger partial charge < -0.3 is 4.74 Å². The van der Waals surface area contributed by atoms with Gasteiger partial charge in [0, 0.05) is 17.1 Å². The number of thioether (sulfide) groups is 1. The Bertz CT molecular complexity index is 362. The van der Waals surface area contributed by atoms with Gasteiger partial charge in [-0.3, -0.25) is 9.59 Å². The Labute approximate surface area is 106 Å². The highest BCUT2D eigenvalue weighted by Crippen LogP contribution is 2.16. The second-order valence-corrected chi connectivity index (χ2v) is 4.62. The van der Waals surface area contributed by atoms with Crippen LogP contribution in [0.25, 0.3) is 0 Å². The zero-order chi connectivity index (χ0) is 12.5. The lowest BCUT2D eigenvalue weighted by molar-refractivity contribution is -0.145. The number of Topliss-reactive ketones (excluding diaryl/α,β-unsaturated/α-hetero) is 1. The van der Waals surface area contributed by atoms with Crippen LogP contribution < -0.4 is 0 Å². The number of carbonyl (C=O) groups excluding carboxylic acids is 2. The van der Waals surface area contributed by atoms with Crippen molar-refractivity contribution in [3.8, 4) is 0 Å². The number of carbonyl (C=O) groups is 2. The van der Waals surface area contributed by atoms with Crippen LogP contribution in [0.5, 0.6) is 0 Å². The van der Waals surface area contributed by atoms with Gasteiger partial charge in [-0.1, -0.05) is 25.1 Å². The maximum atomic E-state index is 11.2. The Morgan fingerprint density at radius 1 is 1.24 bits per heavy atom. The summed E-state index contributed by atoms with van der Waals surface area (Å²) < 4.78 is 4.96. The number of benzene rings is 1. The van der Waals surface area contributed by atoms with Crippen LogP contribution in [-0.4, -0.2) is 24.1 Å². The Morgan fingerprint density at radius 2 is 1.94 bits per heavy atom. The average Bonchev–Trinajstić information content (AvgIpc) is 2.36. The van der Waals surface area contributed by atoms with Gasteiger partial charge in [0.25, 0.3) is 0 Å². The van der Waals surface area contributed by atoms with Crippen LogP contribution in [0.15, 0.2) is 35.2 Å². The minimum absolute atomic E-state index is 0.0780. The lowest BCUT2D eigenvalue weighted by atomic mass is 10.2. The Morgan fingerprint density at radius 3 is 2.59 bits per heavy atom. The molecule has 0 aliphatic carbocycles. The van der Waals surface area contributed by atoms with Crippen LogP contribution in [0.1, 0.15) is 19.8 Å². The average molecular weight is 252 g/mol. The first-order valence-corrected chi connectivity index (χ1v) is 6.56. The molecule has 17 heavy (non-hydrogen) atoms. The number of hydrogen-bond acceptors (Lipinski definition) is 4. The van der Waals surface area contributed by atoms with Crippen molar-refractivity contribution in [1.82, 2.24) is 0 Å². The summed E-state index contributed by atoms with van der Waals surface area (Å²) in [5, 5.41) is 0. The van der Waals surface area contributed by atoms with Crippen molar-refractivity contribution < 1.29 is 14.3 Å². The molecule has 0 aliphatic heterocycles. The summed E-state index contributed by atoms with van der Waals surface area (Å²) in [5.41, 5.74) is 0. The van der Waals surface area contributed by atoms with Gasteiger partial charge in [-0.25, -0.2) is 0 Å². The number of ether oxygens (including phenoxy) is 1. The smallest absolute Gasteiger partial charge is 0.313 e. The van der Waals surface area contributed by atoms with Crippen LogP contribution >= 0.6 is 11.8 Å². The van der Waals surface area contributed by atoms with Crippen LogP contribution in [0.2, 0.25) is 0 Å². The second kappa shape index (κ2) is 7.90. The van der Waals surface area contributed by atoms with Gasteiger partial charge >= 0.3 is 5.97 Å². The van der Waals surface area contributed by atoms with E-state index in [2.05, 4.69) is 0 Å². The van der Waals surface area contributed by atoms with Gasteiger partial charge in [0.1, 0.15) is 18.8 Å². The number of esters is 1. The van der Waals surface area contributed by atoms with Crippen molar-refractivity contribution in [1.29, 1.82) is 0 Å². The van der Waals surface area contributed by atoms with Crippen molar-refractivity contribution >= 4 is 23.5 Å². The molecule has 0 radical (unpaired) electrons. The van der Waals surface area contributed by atoms with Crippen LogP contribution in [-0.2, 0) is 14.3 Å². The highest BCUT2D eigenvalue weighted by atomic mass is 32.2. The van der Waals surface area contributed by atoms with E-state index in [9.17, 15) is 9.59 Å². The molecule has 1 rings (SSSR count). The molecule has 1 aromatic carbocycles. The van der Waals surface area contributed by atoms with Gasteiger partial charge in [-0.05, 0) is 12.1 Å². The highest BCUT2D eigenvalue weighted by molar-refractivity contribution is 7.99. The summed E-state index contributed by atoms with van der Waals surface area (Å²) in [6, 6.07) is 9.91. The molecule has 0 fully saturated rings. The molecule has 1 aromatic rings. The summed E-state index contributed by atoms with van der Waals surface area (Å²) in [5.74, 6) is 0.201. The lowest BCUT2D eigenvalue weighted by Crippen LogP contribution is -2.12. The molecule has 0 aliphatic rings. The van der Waals surface area contributed by atoms with E-state index in [0.717, 1.165) is 4.90 Å². The first-order valence-electron chi connectivity index (χ1n) is 5.57. The van der Waals surface area contributed by atoms with Crippen molar-refractivity contribution in [3.63, 3.8) is 0 Å². The molecule has 0 atom stereocenters. The van der Waals surface area contributed by atoms with Gasteiger partial charge in [-0.2, -0.15) is 0 Å². The molecule has 0 heterocycles. The molecule has 0 spiro atoms. The normalized spacial score (nSPS) is 9.94. The van der Waals surface area contributed by atoms with E-state index in [1.165, 1.54) is 0 Å². The Balaban J connectivity index is 2.12. The second-order valence-electron chi connectivity index (χ2n) is 3.45. The van der Waals surface area contributed by atoms with E-state index in [0.29, 0.717) is 18.8 Å². The fourth-order valence-electron chi connectivity index (χ4n) is 1.17. The molecular weight excluding hydrogens is 236 g/mol. The molecule has 0 unspecified atom stereocenters. The quantitative estimate of drug-likeness (QED) is 0.324. The number of ketones is 1. The molecule has 0 bridgehead atoms. The molecule has 0 saturated heterocycles. The van der Waals surface area contributed by atoms with Crippen molar-refractivity contribution in [3.05, 3.63) is 30.3 Å². The van der Waals surface area contributed by atoms with E-state index in [4.69, 9.17) is 4.74 Å². The zero-order valence-electron chi connectivity index (χ0n) is 9.85. The standard InChI is InChI=1S/C13H16O3S/c1-2-11(14)10-13(15)16-8-9-17-12-6-4-3-5-7-12/h3-7H,2,8-10H2,1H3. The topological polar surface area (TPSA) is 43.4 Å². The van der Waals surface area contributed by atoms with Crippen LogP contribution in [0.4, 0.5) is 0 Å². The van der Waals surface area contributed by atoms with Crippen molar-refractivity contribution in [2.75, 3.05) is 12.4 Å². The molecule has 0 aromatic heterocycles. The minimum atomic E-state index is -0.425. The van der Waals surface area contributed by atoms with E-state index < -0.39 is 5.97 Å². The molecule has 4 heteroatoms. The Hall–Kier alpha value is -1.29. The SMILES string of the molecule is CCC(=O)CC(=O)OCCSc1ccccc1. The molecule has 0 amide bonds. The fraction of sp³-hybridized carbons (Fsp3) is 0.385. The predicted molar refractivity (Wildman–Crippen MR) is 68.0 cm³/mol. The van der Waals surface area contributed by atoms with Gasteiger partial charge in [0.15, 0.2) is 0 Å². The molecule has 92 valence electrons. The molecule has 0 saturated carbocycles. The zero-order valence-corrected chi connectivity index (χ0v) is 10.7. The third kappa shape index (κ3) is 6.12. The molecule has 0 N–H and O–H groups in total. The first kappa shape index (κ1) is 13.8. The van der Waals surface area contributed by atoms with E-state index in [-0.39, 0.29) is 12.2 Å². The molecule has 3 nitrogen and oxygen atoms in total. The van der Waals surface area contributed by atoms with E-state index in [1.807, 2.05) is 30.3 Å². The monoisotopic (exact) mass is 252 g/mol. The fourth-order valence-corrected chi connectivity index (χ4v) is 1.92. The summed E-state index contributed by atoms with van der Waals surface area (Å²) in [6.45, 7) is 2.08. The van der Waals surface area contributed by atoms with E-state index in [1.54, 1.807) is 18.7 Å². The maximum Gasteiger partial charge on any atom is 0.313 e. The van der Waals surface area contributed by atoms with Crippen molar-refractivity contribution in [2.45, 2.75) is 24.7 Å². The van der Waals surface area contributed by atoms with Crippen LogP contribution in [0, 0.1) is 0 Å². The van der Waals surface area contributed by atoms with Gasteiger partial charge in [0.2, 0.25) is 0 Å². The summed E-state index contributed by atoms with van der Waals surface area (Å²) >= 11 is 1.62. The lowest BCUT2D eigenvalue weighted by Gasteiger charge is -2.03. The maximum absolute atomic E-state index is 11.2. The van der Waals surface area contributed by atoms with E-state index >= 15 is 0 Å². The summed E-state index contributed by atoms with van der Waals surface area (Å²) in [6.07, 6.45) is 0.278. The van der Waals surface area contributed by atoms with Gasteiger partial charge in [0.05, 0.1) is 0 Å². The highest BCUT2D eigenvalue weighted by Gasteiger charge is 2.08. The molecular formula is C13H16O3S. The van der Waals surface area contributed by atoms with Crippen molar-refractivity contribution in [2.24, 2.45) is 0 Å².